The van der Waals surface area contributed by atoms with Gasteiger partial charge in [0.2, 0.25) is 0 Å². The van der Waals surface area contributed by atoms with Crippen molar-refractivity contribution in [3.05, 3.63) is 50.4 Å². The average molecular weight is 365 g/mol. The van der Waals surface area contributed by atoms with E-state index in [4.69, 9.17) is 4.98 Å². The van der Waals surface area contributed by atoms with Gasteiger partial charge in [-0.25, -0.2) is 4.98 Å². The number of nitrogens with zero attached hydrogens (tertiary/aromatic N) is 1. The molecule has 1 aromatic heterocycles. The fourth-order valence-electron chi connectivity index (χ4n) is 2.69. The summed E-state index contributed by atoms with van der Waals surface area (Å²) in [7, 11) is 0. The zero-order chi connectivity index (χ0) is 15.1. The van der Waals surface area contributed by atoms with Crippen molar-refractivity contribution in [1.29, 1.82) is 0 Å². The molecule has 2 nitrogen and oxygen atoms in total. The van der Waals surface area contributed by atoms with Crippen molar-refractivity contribution >= 4 is 27.3 Å². The van der Waals surface area contributed by atoms with Crippen molar-refractivity contribution in [1.82, 2.24) is 10.3 Å². The minimum Gasteiger partial charge on any atom is -0.315 e. The zero-order valence-electron chi connectivity index (χ0n) is 12.7. The molecule has 1 fully saturated rings. The first-order chi connectivity index (χ1) is 9.89. The van der Waals surface area contributed by atoms with Gasteiger partial charge in [0.15, 0.2) is 0 Å². The van der Waals surface area contributed by atoms with E-state index in [2.05, 4.69) is 71.7 Å². The molecule has 2 aromatic rings. The lowest BCUT2D eigenvalue weighted by Crippen LogP contribution is -2.58. The molecule has 0 atom stereocenters. The molecule has 0 radical (unpaired) electrons. The van der Waals surface area contributed by atoms with Crippen molar-refractivity contribution in [3.8, 4) is 0 Å². The van der Waals surface area contributed by atoms with Gasteiger partial charge < -0.3 is 5.32 Å². The molecule has 2 heterocycles. The van der Waals surface area contributed by atoms with Gasteiger partial charge in [0.1, 0.15) is 0 Å². The normalized spacial score (nSPS) is 17.5. The summed E-state index contributed by atoms with van der Waals surface area (Å²) in [4.78, 5) is 4.87. The van der Waals surface area contributed by atoms with Crippen LogP contribution in [-0.4, -0.2) is 18.1 Å². The molecule has 3 rings (SSSR count). The van der Waals surface area contributed by atoms with E-state index in [0.29, 0.717) is 0 Å². The second-order valence-corrected chi connectivity index (χ2v) is 8.80. The topological polar surface area (TPSA) is 24.9 Å². The number of hydrogen-bond donors (Lipinski definition) is 1. The number of halogens is 1. The van der Waals surface area contributed by atoms with E-state index >= 15 is 0 Å². The number of benzene rings is 1. The third kappa shape index (κ3) is 3.08. The maximum absolute atomic E-state index is 4.87. The van der Waals surface area contributed by atoms with E-state index in [1.165, 1.54) is 16.3 Å². The standard InChI is InChI=1S/C17H21BrN2S/c1-16(2,3)14-9-21-15(20-14)8-17(10-19-11-17)12-4-6-13(18)7-5-12/h4-7,9,19H,8,10-11H2,1-3H3. The van der Waals surface area contributed by atoms with Crippen LogP contribution in [0.25, 0.3) is 0 Å². The first-order valence-corrected chi connectivity index (χ1v) is 8.98. The molecule has 1 aromatic carbocycles. The highest BCUT2D eigenvalue weighted by Gasteiger charge is 2.39. The molecule has 0 amide bonds. The molecular weight excluding hydrogens is 344 g/mol. The maximum Gasteiger partial charge on any atom is 0.0938 e. The van der Waals surface area contributed by atoms with Crippen LogP contribution in [0, 0.1) is 0 Å². The number of thiazole rings is 1. The lowest BCUT2D eigenvalue weighted by atomic mass is 9.73. The average Bonchev–Trinajstić information content (AvgIpc) is 2.83. The maximum atomic E-state index is 4.87. The Labute approximate surface area is 139 Å². The van der Waals surface area contributed by atoms with Crippen LogP contribution in [0.1, 0.15) is 37.0 Å². The molecule has 112 valence electrons. The van der Waals surface area contributed by atoms with Crippen LogP contribution >= 0.6 is 27.3 Å². The van der Waals surface area contributed by atoms with Gasteiger partial charge in [0, 0.05) is 40.2 Å². The summed E-state index contributed by atoms with van der Waals surface area (Å²) in [5, 5.41) is 6.91. The van der Waals surface area contributed by atoms with E-state index < -0.39 is 0 Å². The van der Waals surface area contributed by atoms with Gasteiger partial charge in [-0.2, -0.15) is 0 Å². The molecule has 21 heavy (non-hydrogen) atoms. The molecule has 1 aliphatic rings. The van der Waals surface area contributed by atoms with E-state index in [9.17, 15) is 0 Å². The highest BCUT2D eigenvalue weighted by Crippen LogP contribution is 2.35. The van der Waals surface area contributed by atoms with Crippen molar-refractivity contribution in [2.24, 2.45) is 0 Å². The molecule has 1 aliphatic heterocycles. The van der Waals surface area contributed by atoms with Gasteiger partial charge in [0.05, 0.1) is 10.7 Å². The summed E-state index contributed by atoms with van der Waals surface area (Å²) in [5.74, 6) is 0. The van der Waals surface area contributed by atoms with Crippen LogP contribution in [0.3, 0.4) is 0 Å². The summed E-state index contributed by atoms with van der Waals surface area (Å²) in [6.07, 6.45) is 1.03. The third-order valence-corrected chi connectivity index (χ3v) is 5.57. The Hall–Kier alpha value is -0.710. The largest absolute Gasteiger partial charge is 0.315 e. The second kappa shape index (κ2) is 5.49. The van der Waals surface area contributed by atoms with Gasteiger partial charge in [-0.1, -0.05) is 48.8 Å². The first kappa shape index (κ1) is 15.2. The van der Waals surface area contributed by atoms with E-state index in [0.717, 1.165) is 24.0 Å². The summed E-state index contributed by atoms with van der Waals surface area (Å²) in [6, 6.07) is 8.75. The molecule has 4 heteroatoms. The summed E-state index contributed by atoms with van der Waals surface area (Å²) < 4.78 is 1.14. The van der Waals surface area contributed by atoms with E-state index in [-0.39, 0.29) is 10.8 Å². The second-order valence-electron chi connectivity index (χ2n) is 6.94. The molecule has 0 bridgehead atoms. The summed E-state index contributed by atoms with van der Waals surface area (Å²) >= 11 is 5.32. The minimum atomic E-state index is 0.136. The fourth-order valence-corrected chi connectivity index (χ4v) is 4.12. The zero-order valence-corrected chi connectivity index (χ0v) is 15.1. The number of aromatic nitrogens is 1. The van der Waals surface area contributed by atoms with E-state index in [1.54, 1.807) is 11.3 Å². The molecule has 0 unspecified atom stereocenters. The Balaban J connectivity index is 1.84. The smallest absolute Gasteiger partial charge is 0.0938 e. The molecule has 0 saturated carbocycles. The SMILES string of the molecule is CC(C)(C)c1csc(CC2(c3ccc(Br)cc3)CNC2)n1. The Morgan fingerprint density at radius 3 is 2.38 bits per heavy atom. The molecule has 0 aliphatic carbocycles. The van der Waals surface area contributed by atoms with Crippen molar-refractivity contribution in [2.45, 2.75) is 38.0 Å². The van der Waals surface area contributed by atoms with Gasteiger partial charge in [-0.15, -0.1) is 11.3 Å². The molecule has 0 spiro atoms. The van der Waals surface area contributed by atoms with Crippen LogP contribution in [-0.2, 0) is 17.3 Å². The number of hydrogen-bond acceptors (Lipinski definition) is 3. The van der Waals surface area contributed by atoms with Crippen molar-refractivity contribution in [3.63, 3.8) is 0 Å². The van der Waals surface area contributed by atoms with Crippen LogP contribution in [0.2, 0.25) is 0 Å². The van der Waals surface area contributed by atoms with Crippen LogP contribution in [0.5, 0.6) is 0 Å². The highest BCUT2D eigenvalue weighted by atomic mass is 79.9. The number of nitrogens with one attached hydrogen (secondary N) is 1. The third-order valence-electron chi connectivity index (χ3n) is 4.19. The predicted molar refractivity (Wildman–Crippen MR) is 93.2 cm³/mol. The van der Waals surface area contributed by atoms with Crippen LogP contribution in [0.15, 0.2) is 34.1 Å². The van der Waals surface area contributed by atoms with Crippen molar-refractivity contribution in [2.75, 3.05) is 13.1 Å². The Morgan fingerprint density at radius 1 is 1.24 bits per heavy atom. The van der Waals surface area contributed by atoms with Gasteiger partial charge in [-0.3, -0.25) is 0 Å². The quantitative estimate of drug-likeness (QED) is 0.878. The van der Waals surface area contributed by atoms with Gasteiger partial charge >= 0.3 is 0 Å². The lowest BCUT2D eigenvalue weighted by Gasteiger charge is -2.43. The fraction of sp³-hybridized carbons (Fsp3) is 0.471. The predicted octanol–water partition coefficient (Wildman–Crippen LogP) is 4.29. The summed E-state index contributed by atoms with van der Waals surface area (Å²) in [6.45, 7) is 8.75. The molecular formula is C17H21BrN2S. The molecule has 1 saturated heterocycles. The van der Waals surface area contributed by atoms with Crippen LogP contribution < -0.4 is 5.32 Å². The summed E-state index contributed by atoms with van der Waals surface area (Å²) in [5.41, 5.74) is 2.98. The minimum absolute atomic E-state index is 0.136. The molecule has 1 N–H and O–H groups in total. The highest BCUT2D eigenvalue weighted by molar-refractivity contribution is 9.10. The lowest BCUT2D eigenvalue weighted by molar-refractivity contribution is 0.274. The van der Waals surface area contributed by atoms with Gasteiger partial charge in [-0.05, 0) is 17.7 Å². The first-order valence-electron chi connectivity index (χ1n) is 7.31. The Morgan fingerprint density at radius 2 is 1.90 bits per heavy atom. The van der Waals surface area contributed by atoms with Crippen molar-refractivity contribution < 1.29 is 0 Å². The van der Waals surface area contributed by atoms with E-state index in [1.807, 2.05) is 0 Å². The van der Waals surface area contributed by atoms with Crippen LogP contribution in [0.4, 0.5) is 0 Å². The monoisotopic (exact) mass is 364 g/mol. The Kier molecular flexibility index (Phi) is 3.97. The Bertz CT molecular complexity index is 621. The number of rotatable bonds is 3. The van der Waals surface area contributed by atoms with Gasteiger partial charge in [0.25, 0.3) is 0 Å².